The molecule has 0 aliphatic carbocycles. The molecule has 2 aliphatic rings. The highest BCUT2D eigenvalue weighted by atomic mass is 16.5. The zero-order valence-corrected chi connectivity index (χ0v) is 7.60. The van der Waals surface area contributed by atoms with Gasteiger partial charge in [-0.2, -0.15) is 0 Å². The summed E-state index contributed by atoms with van der Waals surface area (Å²) in [5.74, 6) is 0.0146. The van der Waals surface area contributed by atoms with Crippen molar-refractivity contribution in [3.8, 4) is 0 Å². The largest absolute Gasteiger partial charge is 0.467 e. The molecule has 0 radical (unpaired) electrons. The number of amides is 1. The molecule has 0 fully saturated rings. The summed E-state index contributed by atoms with van der Waals surface area (Å²) in [7, 11) is 0. The highest BCUT2D eigenvalue weighted by Gasteiger charge is 2.20. The van der Waals surface area contributed by atoms with Gasteiger partial charge in [0.15, 0.2) is 5.82 Å². The molecule has 2 N–H and O–H groups in total. The van der Waals surface area contributed by atoms with Crippen LogP contribution in [-0.4, -0.2) is 16.5 Å². The molecule has 2 aliphatic heterocycles. The van der Waals surface area contributed by atoms with Crippen molar-refractivity contribution in [1.82, 2.24) is 4.90 Å². The number of rotatable bonds is 1. The Morgan fingerprint density at radius 2 is 2.43 bits per heavy atom. The molecule has 0 aromatic rings. The molecule has 0 atom stereocenters. The number of nitrogens with zero attached hydrogens (tertiary/aromatic N) is 2. The number of carbonyl (C=O) groups is 1. The second kappa shape index (κ2) is 3.02. The summed E-state index contributed by atoms with van der Waals surface area (Å²) < 4.78 is 4.93. The van der Waals surface area contributed by atoms with Crippen molar-refractivity contribution < 1.29 is 9.53 Å². The van der Waals surface area contributed by atoms with Gasteiger partial charge in [-0.25, -0.2) is 4.99 Å². The third kappa shape index (κ3) is 1.28. The molecule has 2 heterocycles. The number of ether oxygens (including phenoxy) is 1. The molecule has 2 rings (SSSR count). The molecule has 0 spiro atoms. The summed E-state index contributed by atoms with van der Waals surface area (Å²) in [6.45, 7) is 1.78. The van der Waals surface area contributed by atoms with Crippen LogP contribution in [0.4, 0.5) is 0 Å². The van der Waals surface area contributed by atoms with E-state index in [1.807, 2.05) is 0 Å². The number of nitrogens with two attached hydrogens (primary N) is 1. The lowest BCUT2D eigenvalue weighted by Gasteiger charge is -2.23. The smallest absolute Gasteiger partial charge is 0.267 e. The molecule has 72 valence electrons. The molecule has 14 heavy (non-hydrogen) atoms. The summed E-state index contributed by atoms with van der Waals surface area (Å²) in [4.78, 5) is 16.8. The van der Waals surface area contributed by atoms with Crippen LogP contribution in [0.5, 0.6) is 0 Å². The Morgan fingerprint density at radius 3 is 3.14 bits per heavy atom. The van der Waals surface area contributed by atoms with Crippen molar-refractivity contribution in [2.75, 3.05) is 0 Å². The third-order valence-corrected chi connectivity index (χ3v) is 1.90. The zero-order valence-electron chi connectivity index (χ0n) is 7.60. The van der Waals surface area contributed by atoms with Gasteiger partial charge in [-0.15, -0.1) is 0 Å². The lowest BCUT2D eigenvalue weighted by atomic mass is 10.1. The first kappa shape index (κ1) is 8.55. The van der Waals surface area contributed by atoms with Crippen LogP contribution in [0.1, 0.15) is 6.92 Å². The van der Waals surface area contributed by atoms with Gasteiger partial charge in [0.1, 0.15) is 18.2 Å². The lowest BCUT2D eigenvalue weighted by molar-refractivity contribution is -0.111. The van der Waals surface area contributed by atoms with Gasteiger partial charge in [0, 0.05) is 12.4 Å². The molecular weight excluding hydrogens is 182 g/mol. The quantitative estimate of drug-likeness (QED) is 0.653. The molecule has 0 aromatic carbocycles. The monoisotopic (exact) mass is 191 g/mol. The van der Waals surface area contributed by atoms with Crippen molar-refractivity contribution in [3.05, 3.63) is 36.3 Å². The first-order valence-corrected chi connectivity index (χ1v) is 4.06. The van der Waals surface area contributed by atoms with Crippen LogP contribution in [0, 0.1) is 0 Å². The fourth-order valence-electron chi connectivity index (χ4n) is 1.25. The van der Waals surface area contributed by atoms with Crippen molar-refractivity contribution in [1.29, 1.82) is 0 Å². The van der Waals surface area contributed by atoms with Gasteiger partial charge in [0.2, 0.25) is 0 Å². The summed E-state index contributed by atoms with van der Waals surface area (Å²) in [6.07, 6.45) is 6.46. The number of hydrogen-bond acceptors (Lipinski definition) is 4. The maximum Gasteiger partial charge on any atom is 0.267 e. The van der Waals surface area contributed by atoms with E-state index in [1.165, 1.54) is 12.5 Å². The maximum absolute atomic E-state index is 11.0. The van der Waals surface area contributed by atoms with E-state index in [-0.39, 0.29) is 5.71 Å². The molecule has 5 heteroatoms. The Morgan fingerprint density at radius 1 is 1.64 bits per heavy atom. The Bertz CT molecular complexity index is 404. The van der Waals surface area contributed by atoms with Crippen LogP contribution < -0.4 is 5.73 Å². The van der Waals surface area contributed by atoms with Crippen LogP contribution in [-0.2, 0) is 9.53 Å². The fraction of sp³-hybridized carbons (Fsp3) is 0.111. The Hall–Kier alpha value is -2.04. The molecule has 0 saturated carbocycles. The van der Waals surface area contributed by atoms with Gasteiger partial charge >= 0.3 is 0 Å². The summed E-state index contributed by atoms with van der Waals surface area (Å²) >= 11 is 0. The Labute approximate surface area is 80.8 Å². The van der Waals surface area contributed by atoms with Crippen LogP contribution in [0.25, 0.3) is 0 Å². The second-order valence-electron chi connectivity index (χ2n) is 2.94. The van der Waals surface area contributed by atoms with Crippen LogP contribution in [0.15, 0.2) is 41.3 Å². The molecule has 1 amide bonds. The Kier molecular flexibility index (Phi) is 1.85. The lowest BCUT2D eigenvalue weighted by Crippen LogP contribution is -2.29. The minimum atomic E-state index is -0.533. The van der Waals surface area contributed by atoms with Crippen molar-refractivity contribution >= 4 is 11.6 Å². The Balaban J connectivity index is 2.40. The van der Waals surface area contributed by atoms with E-state index in [0.717, 1.165) is 5.57 Å². The van der Waals surface area contributed by atoms with Crippen LogP contribution in [0.2, 0.25) is 0 Å². The van der Waals surface area contributed by atoms with Crippen LogP contribution >= 0.6 is 0 Å². The number of fused-ring (bicyclic) bond motifs is 1. The van der Waals surface area contributed by atoms with Crippen molar-refractivity contribution in [2.45, 2.75) is 6.92 Å². The van der Waals surface area contributed by atoms with E-state index < -0.39 is 5.91 Å². The van der Waals surface area contributed by atoms with Crippen molar-refractivity contribution in [3.63, 3.8) is 0 Å². The van der Waals surface area contributed by atoms with E-state index in [9.17, 15) is 4.79 Å². The maximum atomic E-state index is 11.0. The van der Waals surface area contributed by atoms with Gasteiger partial charge in [-0.05, 0) is 12.5 Å². The topological polar surface area (TPSA) is 67.9 Å². The van der Waals surface area contributed by atoms with Gasteiger partial charge in [-0.1, -0.05) is 0 Å². The summed E-state index contributed by atoms with van der Waals surface area (Å²) in [5, 5.41) is 0. The fourth-order valence-corrected chi connectivity index (χ4v) is 1.25. The van der Waals surface area contributed by atoms with E-state index in [1.54, 1.807) is 24.2 Å². The molecule has 0 unspecified atom stereocenters. The van der Waals surface area contributed by atoms with Gasteiger partial charge in [0.25, 0.3) is 5.91 Å². The van der Waals surface area contributed by atoms with Gasteiger partial charge < -0.3 is 15.4 Å². The molecule has 0 bridgehead atoms. The molecule has 0 aromatic heterocycles. The standard InChI is InChI=1S/C9H9N3O2/c1-6-4-12-2-3-14-5-7(12)11-8(6)9(10)13/h2-5H,1H3,(H2,10,13). The van der Waals surface area contributed by atoms with E-state index in [4.69, 9.17) is 10.5 Å². The van der Waals surface area contributed by atoms with E-state index >= 15 is 0 Å². The third-order valence-electron chi connectivity index (χ3n) is 1.90. The average Bonchev–Trinajstić information content (AvgIpc) is 2.16. The number of aliphatic imine (C=N–C) groups is 1. The van der Waals surface area contributed by atoms with Gasteiger partial charge in [0.05, 0.1) is 0 Å². The second-order valence-corrected chi connectivity index (χ2v) is 2.94. The molecular formula is C9H9N3O2. The van der Waals surface area contributed by atoms with Gasteiger partial charge in [-0.3, -0.25) is 4.79 Å². The minimum Gasteiger partial charge on any atom is -0.467 e. The first-order chi connectivity index (χ1) is 6.68. The summed E-state index contributed by atoms with van der Waals surface area (Å²) in [5.41, 5.74) is 6.17. The number of carbonyl (C=O) groups excluding carboxylic acids is 1. The highest BCUT2D eigenvalue weighted by Crippen LogP contribution is 2.20. The predicted octanol–water partition coefficient (Wildman–Crippen LogP) is 0.432. The molecule has 5 nitrogen and oxygen atoms in total. The van der Waals surface area contributed by atoms with Crippen LogP contribution in [0.3, 0.4) is 0 Å². The average molecular weight is 191 g/mol. The zero-order chi connectivity index (χ0) is 10.1. The normalized spacial score (nSPS) is 18.9. The predicted molar refractivity (Wildman–Crippen MR) is 50.5 cm³/mol. The minimum absolute atomic E-state index is 0.270. The van der Waals surface area contributed by atoms with E-state index in [2.05, 4.69) is 4.99 Å². The van der Waals surface area contributed by atoms with Crippen molar-refractivity contribution in [2.24, 2.45) is 10.7 Å². The first-order valence-electron chi connectivity index (χ1n) is 4.06. The SMILES string of the molecule is CC1=CN2C=COC=C2N=C1C(N)=O. The summed E-state index contributed by atoms with van der Waals surface area (Å²) in [6, 6.07) is 0. The number of hydrogen-bond donors (Lipinski definition) is 1. The highest BCUT2D eigenvalue weighted by molar-refractivity contribution is 6.45. The number of primary amides is 1. The van der Waals surface area contributed by atoms with E-state index in [0.29, 0.717) is 5.82 Å². The molecule has 0 saturated heterocycles.